The predicted molar refractivity (Wildman–Crippen MR) is 108 cm³/mol. The van der Waals surface area contributed by atoms with Gasteiger partial charge in [-0.3, -0.25) is 9.78 Å². The van der Waals surface area contributed by atoms with Gasteiger partial charge in [-0.15, -0.1) is 0 Å². The lowest BCUT2D eigenvalue weighted by Gasteiger charge is -2.21. The third kappa shape index (κ3) is 3.39. The van der Waals surface area contributed by atoms with Crippen LogP contribution in [0.5, 0.6) is 0 Å². The lowest BCUT2D eigenvalue weighted by molar-refractivity contribution is 0.183. The minimum Gasteiger partial charge on any atom is -0.377 e. The molecule has 1 aliphatic rings. The highest BCUT2D eigenvalue weighted by Crippen LogP contribution is 2.26. The van der Waals surface area contributed by atoms with Gasteiger partial charge in [0.2, 0.25) is 0 Å². The number of nitrogens with one attached hydrogen (secondary N) is 1. The number of rotatable bonds is 4. The van der Waals surface area contributed by atoms with E-state index in [1.165, 1.54) is 29.2 Å². The van der Waals surface area contributed by atoms with Gasteiger partial charge in [0, 0.05) is 29.4 Å². The number of pyridine rings is 1. The molecule has 150 valence electrons. The zero-order valence-electron chi connectivity index (χ0n) is 15.8. The van der Waals surface area contributed by atoms with Crippen molar-refractivity contribution in [2.75, 3.05) is 18.5 Å². The number of benzene rings is 1. The van der Waals surface area contributed by atoms with Gasteiger partial charge in [0.05, 0.1) is 30.5 Å². The number of nitrogens with zero attached hydrogens (tertiary/aromatic N) is 5. The second-order valence-corrected chi connectivity index (χ2v) is 6.98. The second-order valence-electron chi connectivity index (χ2n) is 6.98. The first kappa shape index (κ1) is 18.3. The maximum Gasteiger partial charge on any atom is 0.267 e. The van der Waals surface area contributed by atoms with Gasteiger partial charge in [-0.2, -0.15) is 5.10 Å². The van der Waals surface area contributed by atoms with Crippen LogP contribution in [-0.4, -0.2) is 44.0 Å². The molecule has 0 saturated carbocycles. The lowest BCUT2D eigenvalue weighted by Crippen LogP contribution is -2.37. The molecule has 4 heterocycles. The van der Waals surface area contributed by atoms with Gasteiger partial charge in [-0.05, 0) is 36.4 Å². The van der Waals surface area contributed by atoms with E-state index in [-0.39, 0.29) is 23.5 Å². The van der Waals surface area contributed by atoms with Crippen LogP contribution in [0.15, 0.2) is 66.0 Å². The maximum atomic E-state index is 13.8. The minimum absolute atomic E-state index is 0.228. The maximum absolute atomic E-state index is 13.8. The lowest BCUT2D eigenvalue weighted by atomic mass is 10.1. The molecule has 1 saturated heterocycles. The Morgan fingerprint density at radius 2 is 1.93 bits per heavy atom. The number of fused-ring (bicyclic) bond motifs is 1. The van der Waals surface area contributed by atoms with Gasteiger partial charge in [0.1, 0.15) is 24.0 Å². The molecule has 4 aromatic rings. The Hall–Kier alpha value is -3.72. The number of hydrogen-bond acceptors (Lipinski definition) is 7. The van der Waals surface area contributed by atoms with E-state index in [0.717, 1.165) is 5.56 Å². The molecule has 1 N–H and O–H groups in total. The Kier molecular flexibility index (Phi) is 4.64. The monoisotopic (exact) mass is 404 g/mol. The average Bonchev–Trinajstić information content (AvgIpc) is 3.23. The molecular weight excluding hydrogens is 387 g/mol. The topological polar surface area (TPSA) is 94.8 Å². The van der Waals surface area contributed by atoms with Crippen molar-refractivity contribution in [3.05, 3.63) is 77.4 Å². The molecular formula is C21H17FN6O2. The first-order valence-electron chi connectivity index (χ1n) is 9.44. The summed E-state index contributed by atoms with van der Waals surface area (Å²) in [4.78, 5) is 25.0. The van der Waals surface area contributed by atoms with E-state index in [4.69, 9.17) is 4.74 Å². The zero-order valence-corrected chi connectivity index (χ0v) is 15.8. The first-order valence-corrected chi connectivity index (χ1v) is 9.44. The molecule has 0 amide bonds. The Bertz CT molecular complexity index is 1260. The number of halogens is 1. The van der Waals surface area contributed by atoms with Crippen LogP contribution in [0.1, 0.15) is 6.04 Å². The predicted octanol–water partition coefficient (Wildman–Crippen LogP) is 2.44. The molecule has 2 unspecified atom stereocenters. The van der Waals surface area contributed by atoms with E-state index < -0.39 is 0 Å². The summed E-state index contributed by atoms with van der Waals surface area (Å²) in [6.07, 6.45) is 4.77. The normalized spacial score (nSPS) is 18.6. The molecule has 0 spiro atoms. The molecule has 3 aromatic heterocycles. The standard InChI is InChI=1S/C21H17FN6O2/c22-14-1-2-17-15(9-14)21(25-12-24-17)26-18-10-30-11-19(18)28-20(29)4-3-16(27-28)13-5-7-23-8-6-13/h1-9,12,18-19H,10-11H2,(H,24,25,26). The Balaban J connectivity index is 1.49. The number of aromatic nitrogens is 5. The number of hydrogen-bond donors (Lipinski definition) is 1. The highest BCUT2D eigenvalue weighted by atomic mass is 19.1. The fourth-order valence-electron chi connectivity index (χ4n) is 3.58. The van der Waals surface area contributed by atoms with Gasteiger partial charge in [-0.25, -0.2) is 19.0 Å². The summed E-state index contributed by atoms with van der Waals surface area (Å²) in [5.74, 6) is 0.112. The van der Waals surface area contributed by atoms with E-state index in [1.807, 2.05) is 12.1 Å². The number of ether oxygens (including phenoxy) is 1. The Morgan fingerprint density at radius 1 is 1.07 bits per heavy atom. The van der Waals surface area contributed by atoms with Crippen LogP contribution >= 0.6 is 0 Å². The summed E-state index contributed by atoms with van der Waals surface area (Å²) < 4.78 is 20.8. The van der Waals surface area contributed by atoms with Gasteiger partial charge in [0.25, 0.3) is 5.56 Å². The summed E-state index contributed by atoms with van der Waals surface area (Å²) in [6.45, 7) is 0.681. The van der Waals surface area contributed by atoms with E-state index in [1.54, 1.807) is 24.5 Å². The van der Waals surface area contributed by atoms with Crippen LogP contribution in [0, 0.1) is 5.82 Å². The molecule has 5 rings (SSSR count). The summed E-state index contributed by atoms with van der Waals surface area (Å²) in [5, 5.41) is 8.41. The van der Waals surface area contributed by atoms with Crippen molar-refractivity contribution in [1.82, 2.24) is 24.7 Å². The molecule has 8 nitrogen and oxygen atoms in total. The van der Waals surface area contributed by atoms with E-state index >= 15 is 0 Å². The van der Waals surface area contributed by atoms with Gasteiger partial charge in [0.15, 0.2) is 0 Å². The van der Waals surface area contributed by atoms with Crippen LogP contribution in [0.2, 0.25) is 0 Å². The third-order valence-corrected chi connectivity index (χ3v) is 5.09. The quantitative estimate of drug-likeness (QED) is 0.558. The smallest absolute Gasteiger partial charge is 0.267 e. The minimum atomic E-state index is -0.373. The molecule has 0 aliphatic carbocycles. The molecule has 1 fully saturated rings. The van der Waals surface area contributed by atoms with Crippen molar-refractivity contribution in [3.8, 4) is 11.3 Å². The van der Waals surface area contributed by atoms with Gasteiger partial charge < -0.3 is 10.1 Å². The molecule has 0 bridgehead atoms. The average molecular weight is 404 g/mol. The fourth-order valence-corrected chi connectivity index (χ4v) is 3.58. The summed E-state index contributed by atoms with van der Waals surface area (Å²) in [5.41, 5.74) is 1.92. The van der Waals surface area contributed by atoms with Crippen molar-refractivity contribution in [2.24, 2.45) is 0 Å². The highest BCUT2D eigenvalue weighted by Gasteiger charge is 2.32. The fraction of sp³-hybridized carbons (Fsp3) is 0.190. The van der Waals surface area contributed by atoms with E-state index in [9.17, 15) is 9.18 Å². The summed E-state index contributed by atoms with van der Waals surface area (Å²) >= 11 is 0. The van der Waals surface area contributed by atoms with Gasteiger partial charge >= 0.3 is 0 Å². The van der Waals surface area contributed by atoms with Crippen LogP contribution in [0.3, 0.4) is 0 Å². The van der Waals surface area contributed by atoms with E-state index in [0.29, 0.717) is 35.6 Å². The van der Waals surface area contributed by atoms with E-state index in [2.05, 4.69) is 25.4 Å². The molecule has 1 aliphatic heterocycles. The second kappa shape index (κ2) is 7.60. The Morgan fingerprint density at radius 3 is 2.80 bits per heavy atom. The Labute approximate surface area is 170 Å². The van der Waals surface area contributed by atoms with Crippen molar-refractivity contribution in [2.45, 2.75) is 12.1 Å². The molecule has 1 aromatic carbocycles. The van der Waals surface area contributed by atoms with Crippen molar-refractivity contribution >= 4 is 16.7 Å². The SMILES string of the molecule is O=c1ccc(-c2ccncc2)nn1C1COCC1Nc1ncnc2ccc(F)cc12. The molecule has 2 atom stereocenters. The van der Waals surface area contributed by atoms with Crippen LogP contribution in [-0.2, 0) is 4.74 Å². The number of anilines is 1. The van der Waals surface area contributed by atoms with Crippen molar-refractivity contribution in [3.63, 3.8) is 0 Å². The van der Waals surface area contributed by atoms with Crippen LogP contribution in [0.25, 0.3) is 22.2 Å². The molecule has 0 radical (unpaired) electrons. The van der Waals surface area contributed by atoms with Crippen LogP contribution < -0.4 is 10.9 Å². The third-order valence-electron chi connectivity index (χ3n) is 5.09. The molecule has 30 heavy (non-hydrogen) atoms. The highest BCUT2D eigenvalue weighted by molar-refractivity contribution is 5.88. The van der Waals surface area contributed by atoms with Gasteiger partial charge in [-0.1, -0.05) is 0 Å². The first-order chi connectivity index (χ1) is 14.7. The summed E-state index contributed by atoms with van der Waals surface area (Å²) in [6, 6.07) is 10.6. The van der Waals surface area contributed by atoms with Crippen molar-refractivity contribution in [1.29, 1.82) is 0 Å². The summed E-state index contributed by atoms with van der Waals surface area (Å²) in [7, 11) is 0. The molecule has 9 heteroatoms. The van der Waals surface area contributed by atoms with Crippen LogP contribution in [0.4, 0.5) is 10.2 Å². The van der Waals surface area contributed by atoms with Crippen molar-refractivity contribution < 1.29 is 9.13 Å². The zero-order chi connectivity index (χ0) is 20.5. The largest absolute Gasteiger partial charge is 0.377 e.